The van der Waals surface area contributed by atoms with Crippen LogP contribution in [0.3, 0.4) is 0 Å². The van der Waals surface area contributed by atoms with Crippen LogP contribution >= 0.6 is 0 Å². The topological polar surface area (TPSA) is 42.2 Å². The Bertz CT molecular complexity index is 513. The lowest BCUT2D eigenvalue weighted by molar-refractivity contribution is 0.376. The van der Waals surface area contributed by atoms with E-state index in [0.29, 0.717) is 5.95 Å². The van der Waals surface area contributed by atoms with Gasteiger partial charge in [-0.3, -0.25) is 0 Å². The van der Waals surface area contributed by atoms with Gasteiger partial charge in [-0.05, 0) is 30.9 Å². The molecular formula is C13H20N4. The summed E-state index contributed by atoms with van der Waals surface area (Å²) in [7, 11) is 0. The number of pyridine rings is 1. The highest BCUT2D eigenvalue weighted by molar-refractivity contribution is 5.44. The highest BCUT2D eigenvalue weighted by Crippen LogP contribution is 2.19. The number of aromatic nitrogens is 3. The molecule has 0 saturated carbocycles. The zero-order valence-electron chi connectivity index (χ0n) is 11.0. The Labute approximate surface area is 102 Å². The van der Waals surface area contributed by atoms with E-state index in [1.807, 2.05) is 29.6 Å². The van der Waals surface area contributed by atoms with Gasteiger partial charge in [-0.2, -0.15) is 4.98 Å². The first-order chi connectivity index (χ1) is 8.02. The van der Waals surface area contributed by atoms with Gasteiger partial charge in [-0.15, -0.1) is 5.10 Å². The van der Waals surface area contributed by atoms with Gasteiger partial charge in [0.15, 0.2) is 5.65 Å². The second-order valence-corrected chi connectivity index (χ2v) is 5.24. The minimum absolute atomic E-state index is 0.270. The molecule has 2 aromatic rings. The van der Waals surface area contributed by atoms with Crippen molar-refractivity contribution >= 4 is 11.6 Å². The number of fused-ring (bicyclic) bond motifs is 1. The van der Waals surface area contributed by atoms with E-state index < -0.39 is 0 Å². The Morgan fingerprint density at radius 3 is 2.76 bits per heavy atom. The van der Waals surface area contributed by atoms with Crippen molar-refractivity contribution in [2.24, 2.45) is 5.41 Å². The predicted octanol–water partition coefficient (Wildman–Crippen LogP) is 2.89. The third-order valence-corrected chi connectivity index (χ3v) is 3.23. The highest BCUT2D eigenvalue weighted by Gasteiger charge is 2.15. The van der Waals surface area contributed by atoms with Crippen LogP contribution in [-0.4, -0.2) is 21.1 Å². The number of nitrogens with one attached hydrogen (secondary N) is 1. The number of hydrogen-bond acceptors (Lipinski definition) is 3. The van der Waals surface area contributed by atoms with E-state index in [1.165, 1.54) is 0 Å². The SMILES string of the molecule is CCC(C)(C)CNc1nc2cccc(C)n2n1. The van der Waals surface area contributed by atoms with Crippen LogP contribution < -0.4 is 5.32 Å². The maximum absolute atomic E-state index is 4.45. The van der Waals surface area contributed by atoms with E-state index in [4.69, 9.17) is 0 Å². The van der Waals surface area contributed by atoms with Crippen molar-refractivity contribution in [3.8, 4) is 0 Å². The molecule has 2 rings (SSSR count). The van der Waals surface area contributed by atoms with Gasteiger partial charge < -0.3 is 5.32 Å². The van der Waals surface area contributed by atoms with Gasteiger partial charge >= 0.3 is 0 Å². The van der Waals surface area contributed by atoms with Crippen molar-refractivity contribution in [2.45, 2.75) is 34.1 Å². The molecule has 0 saturated heterocycles. The molecule has 2 aromatic heterocycles. The maximum Gasteiger partial charge on any atom is 0.243 e. The molecule has 4 nitrogen and oxygen atoms in total. The van der Waals surface area contributed by atoms with Crippen molar-refractivity contribution in [2.75, 3.05) is 11.9 Å². The number of aryl methyl sites for hydroxylation is 1. The summed E-state index contributed by atoms with van der Waals surface area (Å²) in [6.45, 7) is 9.59. The molecule has 2 heterocycles. The van der Waals surface area contributed by atoms with Crippen molar-refractivity contribution in [3.05, 3.63) is 23.9 Å². The Kier molecular flexibility index (Phi) is 3.05. The van der Waals surface area contributed by atoms with E-state index in [9.17, 15) is 0 Å². The molecule has 0 aromatic carbocycles. The molecule has 0 amide bonds. The summed E-state index contributed by atoms with van der Waals surface area (Å²) >= 11 is 0. The quantitative estimate of drug-likeness (QED) is 0.881. The first kappa shape index (κ1) is 11.9. The lowest BCUT2D eigenvalue weighted by Gasteiger charge is -2.22. The monoisotopic (exact) mass is 232 g/mol. The molecule has 4 heteroatoms. The molecule has 92 valence electrons. The van der Waals surface area contributed by atoms with Crippen molar-refractivity contribution in [1.82, 2.24) is 14.6 Å². The van der Waals surface area contributed by atoms with Gasteiger partial charge in [0.1, 0.15) is 0 Å². The Morgan fingerprint density at radius 2 is 2.12 bits per heavy atom. The summed E-state index contributed by atoms with van der Waals surface area (Å²) < 4.78 is 1.86. The third-order valence-electron chi connectivity index (χ3n) is 3.23. The summed E-state index contributed by atoms with van der Waals surface area (Å²) in [6.07, 6.45) is 1.13. The lowest BCUT2D eigenvalue weighted by Crippen LogP contribution is -2.22. The molecule has 0 fully saturated rings. The van der Waals surface area contributed by atoms with Crippen LogP contribution in [-0.2, 0) is 0 Å². The van der Waals surface area contributed by atoms with Crippen LogP contribution in [0.1, 0.15) is 32.9 Å². The first-order valence-electron chi connectivity index (χ1n) is 6.08. The van der Waals surface area contributed by atoms with Gasteiger partial charge in [0.25, 0.3) is 0 Å². The molecule has 0 bridgehead atoms. The molecule has 0 unspecified atom stereocenters. The molecular weight excluding hydrogens is 212 g/mol. The summed E-state index contributed by atoms with van der Waals surface area (Å²) in [5, 5.41) is 7.75. The average molecular weight is 232 g/mol. The maximum atomic E-state index is 4.45. The fourth-order valence-corrected chi connectivity index (χ4v) is 1.55. The summed E-state index contributed by atoms with van der Waals surface area (Å²) in [6, 6.07) is 6.00. The van der Waals surface area contributed by atoms with Crippen LogP contribution in [0.25, 0.3) is 5.65 Å². The smallest absolute Gasteiger partial charge is 0.243 e. The van der Waals surface area contributed by atoms with Crippen LogP contribution in [0.15, 0.2) is 18.2 Å². The highest BCUT2D eigenvalue weighted by atomic mass is 15.3. The van der Waals surface area contributed by atoms with E-state index in [-0.39, 0.29) is 5.41 Å². The van der Waals surface area contributed by atoms with E-state index in [1.54, 1.807) is 0 Å². The molecule has 0 atom stereocenters. The van der Waals surface area contributed by atoms with Gasteiger partial charge in [0.2, 0.25) is 5.95 Å². The molecule has 0 radical (unpaired) electrons. The van der Waals surface area contributed by atoms with Gasteiger partial charge in [-0.25, -0.2) is 4.52 Å². The number of nitrogens with zero attached hydrogens (tertiary/aromatic N) is 3. The molecule has 1 N–H and O–H groups in total. The molecule has 0 spiro atoms. The van der Waals surface area contributed by atoms with Crippen LogP contribution in [0.5, 0.6) is 0 Å². The largest absolute Gasteiger partial charge is 0.352 e. The third kappa shape index (κ3) is 2.57. The molecule has 0 aliphatic carbocycles. The molecule has 0 aliphatic heterocycles. The Balaban J connectivity index is 2.18. The van der Waals surface area contributed by atoms with E-state index >= 15 is 0 Å². The molecule has 17 heavy (non-hydrogen) atoms. The first-order valence-corrected chi connectivity index (χ1v) is 6.08. The minimum atomic E-state index is 0.270. The fraction of sp³-hybridized carbons (Fsp3) is 0.538. The van der Waals surface area contributed by atoms with E-state index in [2.05, 4.69) is 36.2 Å². The van der Waals surface area contributed by atoms with Gasteiger partial charge in [0, 0.05) is 12.2 Å². The van der Waals surface area contributed by atoms with E-state index in [0.717, 1.165) is 24.3 Å². The lowest BCUT2D eigenvalue weighted by atomic mass is 9.90. The van der Waals surface area contributed by atoms with Crippen molar-refractivity contribution in [1.29, 1.82) is 0 Å². The van der Waals surface area contributed by atoms with Crippen molar-refractivity contribution < 1.29 is 0 Å². The van der Waals surface area contributed by atoms with Gasteiger partial charge in [0.05, 0.1) is 0 Å². The average Bonchev–Trinajstić information content (AvgIpc) is 2.71. The predicted molar refractivity (Wildman–Crippen MR) is 70.3 cm³/mol. The Hall–Kier alpha value is -1.58. The minimum Gasteiger partial charge on any atom is -0.352 e. The number of hydrogen-bond donors (Lipinski definition) is 1. The normalized spacial score (nSPS) is 12.0. The second kappa shape index (κ2) is 4.35. The second-order valence-electron chi connectivity index (χ2n) is 5.24. The van der Waals surface area contributed by atoms with Crippen LogP contribution in [0.2, 0.25) is 0 Å². The summed E-state index contributed by atoms with van der Waals surface area (Å²) in [5.41, 5.74) is 2.26. The zero-order chi connectivity index (χ0) is 12.5. The van der Waals surface area contributed by atoms with Crippen molar-refractivity contribution in [3.63, 3.8) is 0 Å². The van der Waals surface area contributed by atoms with Gasteiger partial charge in [-0.1, -0.05) is 26.8 Å². The zero-order valence-corrected chi connectivity index (χ0v) is 11.0. The standard InChI is InChI=1S/C13H20N4/c1-5-13(3,4)9-14-12-15-11-8-6-7-10(2)17(11)16-12/h6-8H,5,9H2,1-4H3,(H,14,16). The number of rotatable bonds is 4. The van der Waals surface area contributed by atoms with Crippen LogP contribution in [0, 0.1) is 12.3 Å². The Morgan fingerprint density at radius 1 is 1.35 bits per heavy atom. The molecule has 0 aliphatic rings. The fourth-order valence-electron chi connectivity index (χ4n) is 1.55. The van der Waals surface area contributed by atoms with Crippen LogP contribution in [0.4, 0.5) is 5.95 Å². The number of anilines is 1. The summed E-state index contributed by atoms with van der Waals surface area (Å²) in [4.78, 5) is 4.45. The summed E-state index contributed by atoms with van der Waals surface area (Å²) in [5.74, 6) is 0.709.